The molecule has 2 saturated carbocycles. The van der Waals surface area contributed by atoms with Crippen molar-refractivity contribution in [2.24, 2.45) is 11.8 Å². The van der Waals surface area contributed by atoms with Crippen LogP contribution in [0.25, 0.3) is 0 Å². The fraction of sp³-hybridized carbons (Fsp3) is 0.778. The predicted molar refractivity (Wildman–Crippen MR) is 39.2 cm³/mol. The standard InChI is InChI=1S/C9H14/c1-2-3-7-4-8-6-9(8)5-7/h3,8-9H,2,4-6H2,1H3. The van der Waals surface area contributed by atoms with Gasteiger partial charge in [0.2, 0.25) is 0 Å². The molecule has 0 nitrogen and oxygen atoms in total. The van der Waals surface area contributed by atoms with Crippen molar-refractivity contribution < 1.29 is 0 Å². The summed E-state index contributed by atoms with van der Waals surface area (Å²) >= 11 is 0. The number of fused-ring (bicyclic) bond motifs is 1. The van der Waals surface area contributed by atoms with Crippen LogP contribution < -0.4 is 0 Å². The first-order valence-corrected chi connectivity index (χ1v) is 4.08. The number of hydrogen-bond donors (Lipinski definition) is 0. The minimum atomic E-state index is 1.13. The van der Waals surface area contributed by atoms with Crippen molar-refractivity contribution in [1.82, 2.24) is 0 Å². The molecule has 0 N–H and O–H groups in total. The van der Waals surface area contributed by atoms with E-state index in [2.05, 4.69) is 13.0 Å². The molecule has 50 valence electrons. The summed E-state index contributed by atoms with van der Waals surface area (Å²) in [7, 11) is 0. The molecule has 2 aliphatic rings. The lowest BCUT2D eigenvalue weighted by Crippen LogP contribution is -1.77. The van der Waals surface area contributed by atoms with Crippen molar-refractivity contribution >= 4 is 0 Å². The Labute approximate surface area is 57.0 Å². The number of allylic oxidation sites excluding steroid dienone is 2. The molecule has 0 aromatic rings. The highest BCUT2D eigenvalue weighted by Gasteiger charge is 2.42. The maximum atomic E-state index is 2.42. The van der Waals surface area contributed by atoms with E-state index in [1.54, 1.807) is 12.0 Å². The third kappa shape index (κ3) is 0.910. The quantitative estimate of drug-likeness (QED) is 0.469. The molecular weight excluding hydrogens is 108 g/mol. The monoisotopic (exact) mass is 122 g/mol. The lowest BCUT2D eigenvalue weighted by Gasteiger charge is -1.95. The molecular formula is C9H14. The molecule has 0 aromatic carbocycles. The first kappa shape index (κ1) is 5.52. The van der Waals surface area contributed by atoms with Crippen LogP contribution in [0.2, 0.25) is 0 Å². The highest BCUT2D eigenvalue weighted by Crippen LogP contribution is 2.54. The Kier molecular flexibility index (Phi) is 1.14. The van der Waals surface area contributed by atoms with E-state index in [1.807, 2.05) is 0 Å². The highest BCUT2D eigenvalue weighted by atomic mass is 14.5. The zero-order chi connectivity index (χ0) is 6.27. The van der Waals surface area contributed by atoms with Gasteiger partial charge in [0.05, 0.1) is 0 Å². The van der Waals surface area contributed by atoms with Gasteiger partial charge in [-0.25, -0.2) is 0 Å². The molecule has 0 saturated heterocycles. The number of hydrogen-bond acceptors (Lipinski definition) is 0. The molecule has 0 heteroatoms. The Morgan fingerprint density at radius 1 is 1.44 bits per heavy atom. The summed E-state index contributed by atoms with van der Waals surface area (Å²) < 4.78 is 0. The summed E-state index contributed by atoms with van der Waals surface area (Å²) in [5.41, 5.74) is 1.75. The van der Waals surface area contributed by atoms with Crippen LogP contribution in [0.3, 0.4) is 0 Å². The lowest BCUT2D eigenvalue weighted by atomic mass is 10.1. The van der Waals surface area contributed by atoms with E-state index >= 15 is 0 Å². The molecule has 0 bridgehead atoms. The maximum Gasteiger partial charge on any atom is -0.0289 e. The fourth-order valence-corrected chi connectivity index (χ4v) is 2.02. The minimum Gasteiger partial charge on any atom is -0.0856 e. The van der Waals surface area contributed by atoms with Crippen LogP contribution in [0.4, 0.5) is 0 Å². The van der Waals surface area contributed by atoms with E-state index < -0.39 is 0 Å². The smallest absolute Gasteiger partial charge is 0.0289 e. The van der Waals surface area contributed by atoms with E-state index in [0.29, 0.717) is 0 Å². The van der Waals surface area contributed by atoms with Gasteiger partial charge in [-0.15, -0.1) is 0 Å². The van der Waals surface area contributed by atoms with Crippen LogP contribution in [0.15, 0.2) is 11.6 Å². The summed E-state index contributed by atoms with van der Waals surface area (Å²) in [5, 5.41) is 0. The zero-order valence-corrected chi connectivity index (χ0v) is 6.06. The summed E-state index contributed by atoms with van der Waals surface area (Å²) in [6, 6.07) is 0. The van der Waals surface area contributed by atoms with Gasteiger partial charge in [0.1, 0.15) is 0 Å². The predicted octanol–water partition coefficient (Wildman–Crippen LogP) is 2.75. The van der Waals surface area contributed by atoms with Crippen LogP contribution in [0, 0.1) is 11.8 Å². The molecule has 9 heavy (non-hydrogen) atoms. The zero-order valence-electron chi connectivity index (χ0n) is 6.06. The van der Waals surface area contributed by atoms with Gasteiger partial charge in [0.15, 0.2) is 0 Å². The first-order chi connectivity index (χ1) is 4.40. The molecule has 2 rings (SSSR count). The molecule has 2 fully saturated rings. The minimum absolute atomic E-state index is 1.13. The highest BCUT2D eigenvalue weighted by molar-refractivity contribution is 5.16. The van der Waals surface area contributed by atoms with E-state index in [1.165, 1.54) is 19.3 Å². The summed E-state index contributed by atoms with van der Waals surface area (Å²) in [5.74, 6) is 2.26. The van der Waals surface area contributed by atoms with Crippen LogP contribution in [-0.2, 0) is 0 Å². The van der Waals surface area contributed by atoms with Gasteiger partial charge in [-0.05, 0) is 37.5 Å². The van der Waals surface area contributed by atoms with Crippen LogP contribution >= 0.6 is 0 Å². The molecule has 0 aliphatic heterocycles. The Morgan fingerprint density at radius 3 is 2.67 bits per heavy atom. The molecule has 0 aromatic heterocycles. The van der Waals surface area contributed by atoms with Crippen molar-refractivity contribution in [3.05, 3.63) is 11.6 Å². The van der Waals surface area contributed by atoms with Crippen molar-refractivity contribution in [3.8, 4) is 0 Å². The largest absolute Gasteiger partial charge is 0.0856 e. The van der Waals surface area contributed by atoms with Gasteiger partial charge in [0, 0.05) is 0 Å². The lowest BCUT2D eigenvalue weighted by molar-refractivity contribution is 0.834. The van der Waals surface area contributed by atoms with Gasteiger partial charge >= 0.3 is 0 Å². The first-order valence-electron chi connectivity index (χ1n) is 4.08. The summed E-state index contributed by atoms with van der Waals surface area (Å²) in [4.78, 5) is 0. The Bertz CT molecular complexity index is 132. The molecule has 2 atom stereocenters. The van der Waals surface area contributed by atoms with E-state index in [-0.39, 0.29) is 0 Å². The van der Waals surface area contributed by atoms with Gasteiger partial charge in [-0.1, -0.05) is 18.6 Å². The Morgan fingerprint density at radius 2 is 2.11 bits per heavy atom. The average molecular weight is 122 g/mol. The maximum absolute atomic E-state index is 2.42. The van der Waals surface area contributed by atoms with Crippen molar-refractivity contribution in [3.63, 3.8) is 0 Å². The van der Waals surface area contributed by atoms with Crippen LogP contribution in [-0.4, -0.2) is 0 Å². The molecule has 0 heterocycles. The van der Waals surface area contributed by atoms with E-state index in [4.69, 9.17) is 0 Å². The third-order valence-electron chi connectivity index (χ3n) is 2.61. The average Bonchev–Trinajstić information content (AvgIpc) is 2.42. The molecule has 0 spiro atoms. The summed E-state index contributed by atoms with van der Waals surface area (Å²) in [6.07, 6.45) is 8.10. The normalized spacial score (nSPS) is 38.6. The number of rotatable bonds is 1. The fourth-order valence-electron chi connectivity index (χ4n) is 2.02. The van der Waals surface area contributed by atoms with Gasteiger partial charge in [0.25, 0.3) is 0 Å². The third-order valence-corrected chi connectivity index (χ3v) is 2.61. The Hall–Kier alpha value is -0.260. The second-order valence-electron chi connectivity index (χ2n) is 3.43. The van der Waals surface area contributed by atoms with E-state index in [0.717, 1.165) is 11.8 Å². The second kappa shape index (κ2) is 1.86. The van der Waals surface area contributed by atoms with Crippen molar-refractivity contribution in [2.45, 2.75) is 32.6 Å². The SMILES string of the molecule is CCC=C1CC2CC2C1. The topological polar surface area (TPSA) is 0 Å². The molecule has 0 radical (unpaired) electrons. The Balaban J connectivity index is 1.96. The van der Waals surface area contributed by atoms with Gasteiger partial charge in [-0.3, -0.25) is 0 Å². The van der Waals surface area contributed by atoms with Crippen LogP contribution in [0.1, 0.15) is 32.6 Å². The van der Waals surface area contributed by atoms with Crippen molar-refractivity contribution in [2.75, 3.05) is 0 Å². The molecule has 2 unspecified atom stereocenters. The van der Waals surface area contributed by atoms with Crippen molar-refractivity contribution in [1.29, 1.82) is 0 Å². The summed E-state index contributed by atoms with van der Waals surface area (Å²) in [6.45, 7) is 2.23. The van der Waals surface area contributed by atoms with Gasteiger partial charge < -0.3 is 0 Å². The second-order valence-corrected chi connectivity index (χ2v) is 3.43. The van der Waals surface area contributed by atoms with Gasteiger partial charge in [-0.2, -0.15) is 0 Å². The molecule has 0 amide bonds. The van der Waals surface area contributed by atoms with E-state index in [9.17, 15) is 0 Å². The van der Waals surface area contributed by atoms with Crippen LogP contribution in [0.5, 0.6) is 0 Å². The molecule has 2 aliphatic carbocycles.